The minimum Gasteiger partial charge on any atom is -0.396 e. The summed E-state index contributed by atoms with van der Waals surface area (Å²) in [6.07, 6.45) is 1.37. The molecule has 1 aliphatic heterocycles. The Morgan fingerprint density at radius 1 is 1.11 bits per heavy atom. The smallest absolute Gasteiger partial charge is 0.396 e. The predicted molar refractivity (Wildman–Crippen MR) is 103 cm³/mol. The van der Waals surface area contributed by atoms with Gasteiger partial charge in [0.05, 0.1) is 5.56 Å². The maximum absolute atomic E-state index is 13.0. The fourth-order valence-electron chi connectivity index (χ4n) is 4.44. The van der Waals surface area contributed by atoms with Gasteiger partial charge in [-0.1, -0.05) is 12.5 Å². The lowest BCUT2D eigenvalue weighted by atomic mass is 9.88. The molecular weight excluding hydrogens is 371 g/mol. The monoisotopic (exact) mass is 397 g/mol. The van der Waals surface area contributed by atoms with Crippen LogP contribution in [-0.4, -0.2) is 36.2 Å². The summed E-state index contributed by atoms with van der Waals surface area (Å²) in [5, 5.41) is 12.3. The lowest BCUT2D eigenvalue weighted by Crippen LogP contribution is -2.31. The van der Waals surface area contributed by atoms with Crippen LogP contribution in [0.15, 0.2) is 23.6 Å². The van der Waals surface area contributed by atoms with Gasteiger partial charge < -0.3 is 10.0 Å². The van der Waals surface area contributed by atoms with Gasteiger partial charge in [-0.05, 0) is 85.0 Å². The predicted octanol–water partition coefficient (Wildman–Crippen LogP) is 5.51. The highest BCUT2D eigenvalue weighted by Gasteiger charge is 2.37. The summed E-state index contributed by atoms with van der Waals surface area (Å²) in [5.41, 5.74) is 0.667. The number of hydrogen-bond donors (Lipinski definition) is 1. The first kappa shape index (κ1) is 19.2. The minimum absolute atomic E-state index is 0.307. The molecule has 1 aromatic carbocycles. The summed E-state index contributed by atoms with van der Waals surface area (Å²) in [6.45, 7) is 3.55. The number of alkyl halides is 3. The maximum Gasteiger partial charge on any atom is 0.416 e. The van der Waals surface area contributed by atoms with Gasteiger partial charge in [0.2, 0.25) is 0 Å². The number of likely N-dealkylation sites (tertiary alicyclic amines) is 1. The molecule has 2 aromatic rings. The number of thiophene rings is 1. The first-order chi connectivity index (χ1) is 13.0. The van der Waals surface area contributed by atoms with Crippen LogP contribution in [0.2, 0.25) is 0 Å². The number of rotatable bonds is 4. The van der Waals surface area contributed by atoms with E-state index in [4.69, 9.17) is 0 Å². The van der Waals surface area contributed by atoms with E-state index >= 15 is 0 Å². The van der Waals surface area contributed by atoms with Gasteiger partial charge in [-0.15, -0.1) is 11.3 Å². The number of hydrogen-bond acceptors (Lipinski definition) is 3. The van der Waals surface area contributed by atoms with E-state index < -0.39 is 11.7 Å². The molecule has 0 bridgehead atoms. The normalized spacial score (nSPS) is 27.5. The zero-order valence-electron chi connectivity index (χ0n) is 15.3. The van der Waals surface area contributed by atoms with Gasteiger partial charge in [0.25, 0.3) is 0 Å². The Kier molecular flexibility index (Phi) is 5.50. The highest BCUT2D eigenvalue weighted by atomic mass is 32.1. The van der Waals surface area contributed by atoms with Gasteiger partial charge in [-0.2, -0.15) is 13.2 Å². The van der Waals surface area contributed by atoms with Gasteiger partial charge in [-0.25, -0.2) is 0 Å². The average molecular weight is 398 g/mol. The Balaban J connectivity index is 1.47. The van der Waals surface area contributed by atoms with Gasteiger partial charge >= 0.3 is 6.18 Å². The fraction of sp³-hybridized carbons (Fsp3) is 0.619. The number of aliphatic hydroxyl groups excluding tert-OH is 1. The molecular formula is C21H26F3NOS. The molecule has 1 saturated carbocycles. The number of halogens is 3. The number of nitrogens with zero attached hydrogens (tertiary/aromatic N) is 1. The molecule has 2 heterocycles. The highest BCUT2D eigenvalue weighted by Crippen LogP contribution is 2.41. The van der Waals surface area contributed by atoms with Crippen molar-refractivity contribution in [2.75, 3.05) is 26.2 Å². The largest absolute Gasteiger partial charge is 0.416 e. The van der Waals surface area contributed by atoms with Crippen molar-refractivity contribution in [3.63, 3.8) is 0 Å². The molecule has 3 atom stereocenters. The zero-order chi connectivity index (χ0) is 19.0. The average Bonchev–Trinajstić information content (AvgIpc) is 3.24. The van der Waals surface area contributed by atoms with Crippen molar-refractivity contribution in [1.82, 2.24) is 4.90 Å². The molecule has 2 nitrogen and oxygen atoms in total. The fourth-order valence-corrected chi connectivity index (χ4v) is 5.53. The Morgan fingerprint density at radius 2 is 1.96 bits per heavy atom. The quantitative estimate of drug-likeness (QED) is 0.736. The van der Waals surface area contributed by atoms with E-state index in [1.165, 1.54) is 35.5 Å². The topological polar surface area (TPSA) is 23.5 Å². The van der Waals surface area contributed by atoms with Crippen LogP contribution < -0.4 is 0 Å². The third-order valence-corrected chi connectivity index (χ3v) is 7.20. The van der Waals surface area contributed by atoms with Crippen molar-refractivity contribution < 1.29 is 18.3 Å². The van der Waals surface area contributed by atoms with E-state index in [1.54, 1.807) is 6.07 Å². The first-order valence-electron chi connectivity index (χ1n) is 9.87. The van der Waals surface area contributed by atoms with Gasteiger partial charge in [0, 0.05) is 17.9 Å². The molecule has 0 radical (unpaired) electrons. The number of fused-ring (bicyclic) bond motifs is 1. The molecule has 1 aliphatic carbocycles. The van der Waals surface area contributed by atoms with E-state index in [2.05, 4.69) is 10.3 Å². The second-order valence-electron chi connectivity index (χ2n) is 8.12. The summed E-state index contributed by atoms with van der Waals surface area (Å²) in [7, 11) is 0. The third kappa shape index (κ3) is 4.33. The van der Waals surface area contributed by atoms with E-state index in [1.807, 2.05) is 0 Å². The number of benzene rings is 1. The molecule has 148 valence electrons. The maximum atomic E-state index is 13.0. The first-order valence-corrected chi connectivity index (χ1v) is 10.7. The van der Waals surface area contributed by atoms with Crippen molar-refractivity contribution in [3.8, 4) is 0 Å². The summed E-state index contributed by atoms with van der Waals surface area (Å²) in [6, 6.07) is 4.17. The van der Waals surface area contributed by atoms with Crippen LogP contribution in [0.1, 0.15) is 49.1 Å². The Morgan fingerprint density at radius 3 is 2.70 bits per heavy atom. The summed E-state index contributed by atoms with van der Waals surface area (Å²) < 4.78 is 39.6. The van der Waals surface area contributed by atoms with E-state index in [9.17, 15) is 18.3 Å². The van der Waals surface area contributed by atoms with Crippen LogP contribution in [0, 0.1) is 11.8 Å². The summed E-state index contributed by atoms with van der Waals surface area (Å²) in [4.78, 5) is 2.53. The van der Waals surface area contributed by atoms with Gasteiger partial charge in [-0.3, -0.25) is 0 Å². The van der Waals surface area contributed by atoms with Crippen LogP contribution in [-0.2, 0) is 6.18 Å². The summed E-state index contributed by atoms with van der Waals surface area (Å²) in [5.74, 6) is 1.57. The molecule has 4 rings (SSSR count). The highest BCUT2D eigenvalue weighted by molar-refractivity contribution is 7.17. The second-order valence-corrected chi connectivity index (χ2v) is 9.03. The van der Waals surface area contributed by atoms with Crippen molar-refractivity contribution in [1.29, 1.82) is 0 Å². The lowest BCUT2D eigenvalue weighted by molar-refractivity contribution is -0.137. The molecule has 2 fully saturated rings. The van der Waals surface area contributed by atoms with Crippen LogP contribution in [0.3, 0.4) is 0 Å². The molecule has 0 spiro atoms. The molecule has 1 aromatic heterocycles. The second kappa shape index (κ2) is 7.72. The van der Waals surface area contributed by atoms with Crippen molar-refractivity contribution in [2.24, 2.45) is 11.8 Å². The Labute approximate surface area is 162 Å². The molecule has 6 heteroatoms. The molecule has 2 aliphatic rings. The molecule has 0 amide bonds. The molecule has 1 saturated heterocycles. The summed E-state index contributed by atoms with van der Waals surface area (Å²) >= 11 is 1.43. The van der Waals surface area contributed by atoms with Crippen LogP contribution in [0.4, 0.5) is 13.2 Å². The standard InChI is InChI=1S/C21H26F3NOS/c22-21(23,24)17-4-5-18-19(13-27-20(18)10-17)14-3-1-2-7-25(8-6-14)11-15-9-16(15)12-26/h4-5,10,13-16,26H,1-3,6-9,11-12H2/t14?,15?,16-/m0/s1. The minimum atomic E-state index is -4.28. The Bertz CT molecular complexity index is 787. The van der Waals surface area contributed by atoms with Crippen LogP contribution in [0.5, 0.6) is 0 Å². The van der Waals surface area contributed by atoms with Gasteiger partial charge in [0.15, 0.2) is 0 Å². The van der Waals surface area contributed by atoms with Crippen LogP contribution >= 0.6 is 11.3 Å². The van der Waals surface area contributed by atoms with Crippen molar-refractivity contribution in [3.05, 3.63) is 34.7 Å². The van der Waals surface area contributed by atoms with Gasteiger partial charge in [0.1, 0.15) is 0 Å². The van der Waals surface area contributed by atoms with Crippen molar-refractivity contribution >= 4 is 21.4 Å². The third-order valence-electron chi connectivity index (χ3n) is 6.24. The van der Waals surface area contributed by atoms with E-state index in [-0.39, 0.29) is 0 Å². The van der Waals surface area contributed by atoms with Crippen LogP contribution in [0.25, 0.3) is 10.1 Å². The molecule has 2 unspecified atom stereocenters. The molecule has 1 N–H and O–H groups in total. The molecule has 27 heavy (non-hydrogen) atoms. The van der Waals surface area contributed by atoms with Crippen molar-refractivity contribution in [2.45, 2.75) is 44.2 Å². The van der Waals surface area contributed by atoms with E-state index in [0.717, 1.165) is 55.4 Å². The lowest BCUT2D eigenvalue weighted by Gasteiger charge is -2.28. The van der Waals surface area contributed by atoms with E-state index in [0.29, 0.717) is 24.4 Å². The Hall–Kier alpha value is -1.11. The number of aliphatic hydroxyl groups is 1. The zero-order valence-corrected chi connectivity index (χ0v) is 16.2. The SMILES string of the molecule is OC[C@@H]1CC1CN1CCCCC(c2csc3cc(C(F)(F)F)ccc23)CC1.